The fourth-order valence-electron chi connectivity index (χ4n) is 2.94. The van der Waals surface area contributed by atoms with Crippen LogP contribution in [0.25, 0.3) is 0 Å². The number of benzene rings is 1. The molecule has 0 amide bonds. The molecular weight excluding hydrogens is 288 g/mol. The smallest absolute Gasteiger partial charge is 0.335 e. The van der Waals surface area contributed by atoms with Gasteiger partial charge in [-0.15, -0.1) is 0 Å². The van der Waals surface area contributed by atoms with E-state index in [1.165, 1.54) is 70.3 Å². The number of carboxylic acids is 1. The van der Waals surface area contributed by atoms with E-state index in [0.29, 0.717) is 0 Å². The number of phenolic OH excluding ortho intramolecular Hbond substituents is 1. The lowest BCUT2D eigenvalue weighted by atomic mass is 10.0. The first-order valence-corrected chi connectivity index (χ1v) is 9.19. The number of aryl methyl sites for hydroxylation is 1. The van der Waals surface area contributed by atoms with Crippen molar-refractivity contribution in [2.24, 2.45) is 0 Å². The molecule has 0 unspecified atom stereocenters. The Labute approximate surface area is 140 Å². The molecule has 1 aromatic rings. The molecule has 0 aromatic heterocycles. The Balaban J connectivity index is 2.06. The highest BCUT2D eigenvalue weighted by atomic mass is 16.4. The topological polar surface area (TPSA) is 57.5 Å². The molecule has 3 nitrogen and oxygen atoms in total. The molecular formula is C20H32O3. The summed E-state index contributed by atoms with van der Waals surface area (Å²) in [5.74, 6) is -0.941. The number of aromatic hydroxyl groups is 1. The summed E-state index contributed by atoms with van der Waals surface area (Å²) in [6.45, 7) is 2.25. The van der Waals surface area contributed by atoms with E-state index in [4.69, 9.17) is 5.11 Å². The van der Waals surface area contributed by atoms with Gasteiger partial charge in [-0.2, -0.15) is 0 Å². The first-order valence-electron chi connectivity index (χ1n) is 9.19. The summed E-state index contributed by atoms with van der Waals surface area (Å²) in [5.41, 5.74) is 1.08. The minimum absolute atomic E-state index is 0.0444. The number of unbranched alkanes of at least 4 members (excludes halogenated alkanes) is 10. The molecule has 1 aromatic carbocycles. The second-order valence-electron chi connectivity index (χ2n) is 6.48. The lowest BCUT2D eigenvalue weighted by molar-refractivity contribution is 0.0696. The lowest BCUT2D eigenvalue weighted by Crippen LogP contribution is -1.97. The largest absolute Gasteiger partial charge is 0.508 e. The van der Waals surface area contributed by atoms with Crippen molar-refractivity contribution in [2.45, 2.75) is 84.0 Å². The van der Waals surface area contributed by atoms with Gasteiger partial charge in [-0.05, 0) is 36.6 Å². The van der Waals surface area contributed by atoms with Crippen LogP contribution in [0.3, 0.4) is 0 Å². The van der Waals surface area contributed by atoms with Gasteiger partial charge in [0, 0.05) is 0 Å². The number of hydrogen-bond acceptors (Lipinski definition) is 2. The number of rotatable bonds is 13. The van der Waals surface area contributed by atoms with E-state index in [1.807, 2.05) is 0 Å². The second-order valence-corrected chi connectivity index (χ2v) is 6.48. The lowest BCUT2D eigenvalue weighted by Gasteiger charge is -2.05. The van der Waals surface area contributed by atoms with Gasteiger partial charge >= 0.3 is 5.97 Å². The van der Waals surface area contributed by atoms with E-state index in [1.54, 1.807) is 12.1 Å². The molecule has 23 heavy (non-hydrogen) atoms. The van der Waals surface area contributed by atoms with Crippen LogP contribution in [0.5, 0.6) is 5.75 Å². The van der Waals surface area contributed by atoms with E-state index < -0.39 is 5.97 Å². The van der Waals surface area contributed by atoms with Crippen LogP contribution in [0.1, 0.15) is 93.5 Å². The molecule has 0 radical (unpaired) electrons. The highest BCUT2D eigenvalue weighted by Crippen LogP contribution is 2.18. The molecule has 0 bridgehead atoms. The Morgan fingerprint density at radius 1 is 0.826 bits per heavy atom. The number of carbonyl (C=O) groups is 1. The van der Waals surface area contributed by atoms with Gasteiger partial charge in [-0.3, -0.25) is 0 Å². The average molecular weight is 320 g/mol. The molecule has 3 heteroatoms. The van der Waals surface area contributed by atoms with Crippen LogP contribution in [-0.4, -0.2) is 16.2 Å². The normalized spacial score (nSPS) is 10.8. The van der Waals surface area contributed by atoms with Crippen LogP contribution in [0, 0.1) is 0 Å². The van der Waals surface area contributed by atoms with Crippen molar-refractivity contribution >= 4 is 5.97 Å². The van der Waals surface area contributed by atoms with Gasteiger partial charge in [0.25, 0.3) is 0 Å². The summed E-state index contributed by atoms with van der Waals surface area (Å²) in [7, 11) is 0. The third-order valence-electron chi connectivity index (χ3n) is 4.29. The number of hydrogen-bond donors (Lipinski definition) is 2. The Morgan fingerprint density at radius 3 is 1.87 bits per heavy atom. The highest BCUT2D eigenvalue weighted by Gasteiger charge is 2.06. The van der Waals surface area contributed by atoms with Crippen molar-refractivity contribution in [2.75, 3.05) is 0 Å². The van der Waals surface area contributed by atoms with Crippen LogP contribution < -0.4 is 0 Å². The highest BCUT2D eigenvalue weighted by molar-refractivity contribution is 5.88. The van der Waals surface area contributed by atoms with E-state index in [2.05, 4.69) is 6.92 Å². The summed E-state index contributed by atoms with van der Waals surface area (Å²) >= 11 is 0. The predicted octanol–water partition coefficient (Wildman–Crippen LogP) is 5.94. The number of carboxylic acid groups (broad SMARTS) is 1. The Morgan fingerprint density at radius 2 is 1.35 bits per heavy atom. The van der Waals surface area contributed by atoms with Crippen molar-refractivity contribution in [1.29, 1.82) is 0 Å². The van der Waals surface area contributed by atoms with Crippen molar-refractivity contribution in [3.05, 3.63) is 29.3 Å². The van der Waals surface area contributed by atoms with Crippen molar-refractivity contribution in [3.63, 3.8) is 0 Å². The summed E-state index contributed by atoms with van der Waals surface area (Å²) in [4.78, 5) is 11.0. The minimum atomic E-state index is -0.985. The molecule has 0 saturated carbocycles. The molecule has 0 aliphatic carbocycles. The third-order valence-corrected chi connectivity index (χ3v) is 4.29. The first-order chi connectivity index (χ1) is 11.1. The fourth-order valence-corrected chi connectivity index (χ4v) is 2.94. The van der Waals surface area contributed by atoms with E-state index >= 15 is 0 Å². The van der Waals surface area contributed by atoms with Crippen molar-refractivity contribution < 1.29 is 15.0 Å². The Hall–Kier alpha value is -1.51. The van der Waals surface area contributed by atoms with Crippen LogP contribution in [0.4, 0.5) is 0 Å². The Kier molecular flexibility index (Phi) is 10.2. The van der Waals surface area contributed by atoms with Crippen molar-refractivity contribution in [3.8, 4) is 5.75 Å². The number of phenols is 1. The molecule has 0 spiro atoms. The molecule has 0 aliphatic rings. The van der Waals surface area contributed by atoms with Gasteiger partial charge in [0.15, 0.2) is 0 Å². The maximum Gasteiger partial charge on any atom is 0.335 e. The monoisotopic (exact) mass is 320 g/mol. The van der Waals surface area contributed by atoms with Crippen LogP contribution in [0.15, 0.2) is 18.2 Å². The summed E-state index contributed by atoms with van der Waals surface area (Å²) < 4.78 is 0. The molecule has 1 rings (SSSR count). The van der Waals surface area contributed by atoms with Gasteiger partial charge in [0.2, 0.25) is 0 Å². The average Bonchev–Trinajstić information content (AvgIpc) is 2.52. The standard InChI is InChI=1S/C20H32O3/c1-2-3-4-5-6-7-8-9-10-11-12-13-17-14-18(20(22)23)16-19(21)15-17/h14-16,21H,2-13H2,1H3,(H,22,23). The summed E-state index contributed by atoms with van der Waals surface area (Å²) in [5, 5.41) is 18.5. The van der Waals surface area contributed by atoms with Crippen LogP contribution >= 0.6 is 0 Å². The summed E-state index contributed by atoms with van der Waals surface area (Å²) in [6.07, 6.45) is 15.1. The van der Waals surface area contributed by atoms with E-state index in [0.717, 1.165) is 18.4 Å². The van der Waals surface area contributed by atoms with Gasteiger partial charge in [-0.25, -0.2) is 4.79 Å². The predicted molar refractivity (Wildman–Crippen MR) is 95.2 cm³/mol. The second kappa shape index (κ2) is 12.0. The molecule has 0 fully saturated rings. The molecule has 0 saturated heterocycles. The van der Waals surface area contributed by atoms with Gasteiger partial charge in [0.05, 0.1) is 5.56 Å². The SMILES string of the molecule is CCCCCCCCCCCCCc1cc(O)cc(C(=O)O)c1. The molecule has 130 valence electrons. The quantitative estimate of drug-likeness (QED) is 0.442. The van der Waals surface area contributed by atoms with Crippen LogP contribution in [-0.2, 0) is 6.42 Å². The molecule has 0 atom stereocenters. The fraction of sp³-hybridized carbons (Fsp3) is 0.650. The third kappa shape index (κ3) is 9.27. The van der Waals surface area contributed by atoms with Gasteiger partial charge in [0.1, 0.15) is 5.75 Å². The maximum atomic E-state index is 11.0. The zero-order valence-electron chi connectivity index (χ0n) is 14.5. The molecule has 0 heterocycles. The zero-order valence-corrected chi connectivity index (χ0v) is 14.5. The Bertz CT molecular complexity index is 454. The van der Waals surface area contributed by atoms with Crippen molar-refractivity contribution in [1.82, 2.24) is 0 Å². The molecule has 2 N–H and O–H groups in total. The molecule has 0 aliphatic heterocycles. The van der Waals surface area contributed by atoms with Gasteiger partial charge < -0.3 is 10.2 Å². The maximum absolute atomic E-state index is 11.0. The van der Waals surface area contributed by atoms with Crippen LogP contribution in [0.2, 0.25) is 0 Å². The van der Waals surface area contributed by atoms with E-state index in [-0.39, 0.29) is 11.3 Å². The first kappa shape index (κ1) is 19.5. The summed E-state index contributed by atoms with van der Waals surface area (Å²) in [6, 6.07) is 4.63. The van der Waals surface area contributed by atoms with Gasteiger partial charge in [-0.1, -0.05) is 71.1 Å². The number of aromatic carboxylic acids is 1. The minimum Gasteiger partial charge on any atom is -0.508 e. The zero-order chi connectivity index (χ0) is 16.9. The van der Waals surface area contributed by atoms with E-state index in [9.17, 15) is 9.90 Å².